The molecule has 0 spiro atoms. The Balaban J connectivity index is 1.54. The van der Waals surface area contributed by atoms with Crippen LogP contribution in [0, 0.1) is 0 Å². The molecule has 8 nitrogen and oxygen atoms in total. The first-order valence-electron chi connectivity index (χ1n) is 10.4. The van der Waals surface area contributed by atoms with Crippen LogP contribution in [0.1, 0.15) is 33.4 Å². The molecule has 0 saturated carbocycles. The minimum absolute atomic E-state index is 0.0640. The van der Waals surface area contributed by atoms with E-state index in [9.17, 15) is 19.5 Å². The lowest BCUT2D eigenvalue weighted by Gasteiger charge is -2.12. The van der Waals surface area contributed by atoms with E-state index in [4.69, 9.17) is 20.8 Å². The van der Waals surface area contributed by atoms with Gasteiger partial charge in [-0.1, -0.05) is 36.4 Å². The molecule has 3 aromatic rings. The fraction of sp³-hybridized carbons (Fsp3) is 0.0769. The quantitative estimate of drug-likeness (QED) is 0.268. The molecule has 0 unspecified atom stereocenters. The van der Waals surface area contributed by atoms with Gasteiger partial charge in [-0.05, 0) is 55.5 Å². The van der Waals surface area contributed by atoms with Gasteiger partial charge in [0.2, 0.25) is 0 Å². The van der Waals surface area contributed by atoms with E-state index in [0.29, 0.717) is 28.4 Å². The van der Waals surface area contributed by atoms with Gasteiger partial charge < -0.3 is 14.3 Å². The number of rotatable bonds is 7. The number of anilines is 1. The number of benzene rings is 2. The summed E-state index contributed by atoms with van der Waals surface area (Å²) in [7, 11) is 0. The molecule has 176 valence electrons. The number of nitrogens with zero attached hydrogens (tertiary/aromatic N) is 2. The fourth-order valence-electron chi connectivity index (χ4n) is 3.38. The third-order valence-corrected chi connectivity index (χ3v) is 5.47. The molecule has 0 fully saturated rings. The Morgan fingerprint density at radius 1 is 1.17 bits per heavy atom. The highest BCUT2D eigenvalue weighted by Crippen LogP contribution is 2.30. The molecule has 1 N–H and O–H groups in total. The molecule has 4 rings (SSSR count). The molecule has 0 aliphatic carbocycles. The first-order valence-corrected chi connectivity index (χ1v) is 10.8. The average molecular weight is 491 g/mol. The second-order valence-electron chi connectivity index (χ2n) is 7.50. The molecular weight excluding hydrogens is 472 g/mol. The maximum Gasteiger partial charge on any atom is 0.338 e. The van der Waals surface area contributed by atoms with E-state index in [0.717, 1.165) is 10.6 Å². The Bertz CT molecular complexity index is 1400. The van der Waals surface area contributed by atoms with Crippen molar-refractivity contribution in [2.45, 2.75) is 6.92 Å². The van der Waals surface area contributed by atoms with Gasteiger partial charge in [-0.15, -0.1) is 0 Å². The number of carboxylic acids is 1. The number of carbonyl (C=O) groups is 3. The van der Waals surface area contributed by atoms with Crippen LogP contribution in [0.4, 0.5) is 5.69 Å². The molecule has 0 bridgehead atoms. The molecule has 35 heavy (non-hydrogen) atoms. The summed E-state index contributed by atoms with van der Waals surface area (Å²) in [4.78, 5) is 36.3. The summed E-state index contributed by atoms with van der Waals surface area (Å²) in [6.45, 7) is 5.31. The van der Waals surface area contributed by atoms with Gasteiger partial charge in [-0.2, -0.15) is 10.1 Å². The molecule has 0 atom stereocenters. The van der Waals surface area contributed by atoms with E-state index in [1.165, 1.54) is 24.3 Å². The second-order valence-corrected chi connectivity index (χ2v) is 7.90. The minimum atomic E-state index is -1.20. The Hall–Kier alpha value is -4.43. The number of furan rings is 1. The first-order chi connectivity index (χ1) is 16.8. The summed E-state index contributed by atoms with van der Waals surface area (Å²) < 4.78 is 10.9. The zero-order valence-corrected chi connectivity index (χ0v) is 19.3. The Kier molecular flexibility index (Phi) is 6.66. The lowest BCUT2D eigenvalue weighted by atomic mass is 10.1. The van der Waals surface area contributed by atoms with Gasteiger partial charge in [-0.3, -0.25) is 4.79 Å². The van der Waals surface area contributed by atoms with Crippen molar-refractivity contribution in [1.29, 1.82) is 0 Å². The maximum atomic E-state index is 13.0. The highest BCUT2D eigenvalue weighted by atomic mass is 35.5. The molecule has 1 aliphatic rings. The molecule has 2 aromatic carbocycles. The van der Waals surface area contributed by atoms with Gasteiger partial charge in [0.25, 0.3) is 5.91 Å². The second kappa shape index (κ2) is 9.82. The van der Waals surface area contributed by atoms with Crippen LogP contribution in [0.15, 0.2) is 82.3 Å². The van der Waals surface area contributed by atoms with E-state index in [2.05, 4.69) is 11.7 Å². The van der Waals surface area contributed by atoms with Crippen LogP contribution in [-0.2, 0) is 9.53 Å². The molecule has 1 aliphatic heterocycles. The van der Waals surface area contributed by atoms with Crippen LogP contribution in [0.25, 0.3) is 17.4 Å². The number of hydrogen-bond acceptors (Lipinski definition) is 6. The number of aromatic carboxylic acids is 1. The maximum absolute atomic E-state index is 13.0. The van der Waals surface area contributed by atoms with Crippen molar-refractivity contribution >= 4 is 46.9 Å². The molecule has 1 aromatic heterocycles. The van der Waals surface area contributed by atoms with Gasteiger partial charge in [0, 0.05) is 5.56 Å². The fourth-order valence-corrected chi connectivity index (χ4v) is 3.58. The standard InChI is InChI=1S/C26H19ClN2O6/c1-3-12-34-26(33)17-6-4-16(5-7-17)23-11-9-19(35-23)14-20-15(2)28-29(24(20)30)18-8-10-22(27)21(13-18)25(31)32/h3-11,13-14H,1,12H2,2H3,(H,31,32)/b20-14-. The number of ether oxygens (including phenoxy) is 1. The molecule has 0 saturated heterocycles. The normalized spacial score (nSPS) is 14.2. The zero-order valence-electron chi connectivity index (χ0n) is 18.5. The molecule has 1 amide bonds. The third kappa shape index (κ3) is 4.92. The van der Waals surface area contributed by atoms with Gasteiger partial charge in [0.05, 0.1) is 33.1 Å². The number of hydrogen-bond donors (Lipinski definition) is 1. The number of esters is 1. The van der Waals surface area contributed by atoms with Gasteiger partial charge in [0.1, 0.15) is 18.1 Å². The smallest absolute Gasteiger partial charge is 0.338 e. The molecule has 2 heterocycles. The zero-order chi connectivity index (χ0) is 25.1. The van der Waals surface area contributed by atoms with Gasteiger partial charge in [-0.25, -0.2) is 9.59 Å². The van der Waals surface area contributed by atoms with E-state index < -0.39 is 17.8 Å². The Labute approximate surface area is 205 Å². The predicted molar refractivity (Wildman–Crippen MR) is 132 cm³/mol. The molecule has 0 radical (unpaired) electrons. The first kappa shape index (κ1) is 23.7. The van der Waals surface area contributed by atoms with Gasteiger partial charge >= 0.3 is 11.9 Å². The highest BCUT2D eigenvalue weighted by molar-refractivity contribution is 6.34. The van der Waals surface area contributed by atoms with Crippen molar-refractivity contribution in [3.8, 4) is 11.3 Å². The highest BCUT2D eigenvalue weighted by Gasteiger charge is 2.30. The van der Waals surface area contributed by atoms with E-state index in [1.807, 2.05) is 0 Å². The van der Waals surface area contributed by atoms with Crippen molar-refractivity contribution < 1.29 is 28.6 Å². The topological polar surface area (TPSA) is 109 Å². The van der Waals surface area contributed by atoms with Crippen molar-refractivity contribution in [2.75, 3.05) is 11.6 Å². The van der Waals surface area contributed by atoms with Crippen LogP contribution in [-0.4, -0.2) is 35.3 Å². The summed E-state index contributed by atoms with van der Waals surface area (Å²) in [5, 5.41) is 14.7. The lowest BCUT2D eigenvalue weighted by molar-refractivity contribution is -0.114. The molecule has 9 heteroatoms. The van der Waals surface area contributed by atoms with Gasteiger partial charge in [0.15, 0.2) is 0 Å². The van der Waals surface area contributed by atoms with E-state index >= 15 is 0 Å². The van der Waals surface area contributed by atoms with Crippen LogP contribution < -0.4 is 5.01 Å². The van der Waals surface area contributed by atoms with Crippen LogP contribution in [0.5, 0.6) is 0 Å². The number of hydrazone groups is 1. The summed E-state index contributed by atoms with van der Waals surface area (Å²) in [6.07, 6.45) is 3.06. The summed E-state index contributed by atoms with van der Waals surface area (Å²) in [6, 6.07) is 14.4. The lowest BCUT2D eigenvalue weighted by Crippen LogP contribution is -2.21. The van der Waals surface area contributed by atoms with Crippen molar-refractivity contribution in [3.05, 3.63) is 94.7 Å². The van der Waals surface area contributed by atoms with Crippen LogP contribution in [0.3, 0.4) is 0 Å². The number of halogens is 1. The number of carboxylic acid groups (broad SMARTS) is 1. The number of carbonyl (C=O) groups excluding carboxylic acids is 2. The monoisotopic (exact) mass is 490 g/mol. The van der Waals surface area contributed by atoms with Crippen molar-refractivity contribution in [3.63, 3.8) is 0 Å². The summed E-state index contributed by atoms with van der Waals surface area (Å²) >= 11 is 5.93. The minimum Gasteiger partial charge on any atom is -0.478 e. The molecular formula is C26H19ClN2O6. The number of amides is 1. The Morgan fingerprint density at radius 3 is 2.60 bits per heavy atom. The Morgan fingerprint density at radius 2 is 1.91 bits per heavy atom. The van der Waals surface area contributed by atoms with Crippen molar-refractivity contribution in [1.82, 2.24) is 0 Å². The predicted octanol–water partition coefficient (Wildman–Crippen LogP) is 5.45. The largest absolute Gasteiger partial charge is 0.478 e. The van der Waals surface area contributed by atoms with E-state index in [1.54, 1.807) is 49.4 Å². The van der Waals surface area contributed by atoms with Crippen molar-refractivity contribution in [2.24, 2.45) is 5.10 Å². The summed E-state index contributed by atoms with van der Waals surface area (Å²) in [5.74, 6) is -1.11. The van der Waals surface area contributed by atoms with Crippen LogP contribution >= 0.6 is 11.6 Å². The third-order valence-electron chi connectivity index (χ3n) is 5.14. The average Bonchev–Trinajstić information content (AvgIpc) is 3.43. The van der Waals surface area contributed by atoms with E-state index in [-0.39, 0.29) is 22.9 Å². The van der Waals surface area contributed by atoms with Crippen LogP contribution in [0.2, 0.25) is 5.02 Å². The SMILES string of the molecule is C=CCOC(=O)c1ccc(-c2ccc(/C=C3\C(=O)N(c4ccc(Cl)c(C(=O)O)c4)N=C3C)o2)cc1. The summed E-state index contributed by atoms with van der Waals surface area (Å²) in [5.41, 5.74) is 2.05.